The van der Waals surface area contributed by atoms with Gasteiger partial charge in [0.25, 0.3) is 5.91 Å². The number of nitrogens with zero attached hydrogens (tertiary/aromatic N) is 1. The Kier molecular flexibility index (Phi) is 4.62. The Morgan fingerprint density at radius 1 is 1.05 bits per heavy atom. The van der Waals surface area contributed by atoms with Crippen LogP contribution in [0, 0.1) is 0 Å². The quantitative estimate of drug-likeness (QED) is 0.808. The molecule has 2 nitrogen and oxygen atoms in total. The number of fused-ring (bicyclic) bond motifs is 1. The van der Waals surface area contributed by atoms with Gasteiger partial charge in [0, 0.05) is 18.2 Å². The minimum Gasteiger partial charge on any atom is -0.336 e. The van der Waals surface area contributed by atoms with E-state index in [0.29, 0.717) is 6.04 Å². The minimum atomic E-state index is 0.248. The van der Waals surface area contributed by atoms with Gasteiger partial charge in [-0.05, 0) is 68.7 Å². The van der Waals surface area contributed by atoms with E-state index in [4.69, 9.17) is 0 Å². The Hall–Kier alpha value is -1.31. The first-order valence-corrected chi connectivity index (χ1v) is 8.72. The van der Waals surface area contributed by atoms with Gasteiger partial charge in [-0.2, -0.15) is 0 Å². The van der Waals surface area contributed by atoms with Gasteiger partial charge in [0.15, 0.2) is 0 Å². The summed E-state index contributed by atoms with van der Waals surface area (Å²) in [6.07, 6.45) is 11.2. The molecular formula is C19H27NO. The Morgan fingerprint density at radius 2 is 1.76 bits per heavy atom. The van der Waals surface area contributed by atoms with E-state index in [1.54, 1.807) is 0 Å². The minimum absolute atomic E-state index is 0.248. The van der Waals surface area contributed by atoms with Crippen LogP contribution in [0.3, 0.4) is 0 Å². The maximum absolute atomic E-state index is 12.9. The van der Waals surface area contributed by atoms with Crippen LogP contribution in [0.25, 0.3) is 0 Å². The van der Waals surface area contributed by atoms with E-state index in [2.05, 4.69) is 30.0 Å². The lowest BCUT2D eigenvalue weighted by molar-refractivity contribution is 0.0648. The maximum atomic E-state index is 12.9. The predicted molar refractivity (Wildman–Crippen MR) is 86.7 cm³/mol. The van der Waals surface area contributed by atoms with Gasteiger partial charge >= 0.3 is 0 Å². The van der Waals surface area contributed by atoms with Crippen LogP contribution in [0.4, 0.5) is 0 Å². The first kappa shape index (κ1) is 14.6. The molecule has 0 heterocycles. The molecule has 0 atom stereocenters. The molecule has 0 N–H and O–H groups in total. The monoisotopic (exact) mass is 285 g/mol. The predicted octanol–water partition coefficient (Wildman–Crippen LogP) is 4.36. The highest BCUT2D eigenvalue weighted by atomic mass is 16.2. The van der Waals surface area contributed by atoms with Crippen molar-refractivity contribution in [2.45, 2.75) is 70.8 Å². The third-order valence-electron chi connectivity index (χ3n) is 5.21. The smallest absolute Gasteiger partial charge is 0.254 e. The molecule has 2 aliphatic carbocycles. The van der Waals surface area contributed by atoms with Crippen LogP contribution in [-0.4, -0.2) is 23.4 Å². The van der Waals surface area contributed by atoms with E-state index >= 15 is 0 Å². The second-order valence-corrected chi connectivity index (χ2v) is 6.57. The fraction of sp³-hybridized carbons (Fsp3) is 0.632. The summed E-state index contributed by atoms with van der Waals surface area (Å²) < 4.78 is 0. The van der Waals surface area contributed by atoms with E-state index in [-0.39, 0.29) is 5.91 Å². The largest absolute Gasteiger partial charge is 0.336 e. The van der Waals surface area contributed by atoms with Gasteiger partial charge in [0.2, 0.25) is 0 Å². The van der Waals surface area contributed by atoms with Crippen molar-refractivity contribution in [3.05, 3.63) is 34.9 Å². The van der Waals surface area contributed by atoms with Gasteiger partial charge in [-0.25, -0.2) is 0 Å². The Labute approximate surface area is 128 Å². The molecule has 114 valence electrons. The number of aryl methyl sites for hydroxylation is 2. The summed E-state index contributed by atoms with van der Waals surface area (Å²) in [5.41, 5.74) is 3.77. The molecule has 0 radical (unpaired) electrons. The summed E-state index contributed by atoms with van der Waals surface area (Å²) in [5.74, 6) is 0.248. The highest BCUT2D eigenvalue weighted by Gasteiger charge is 2.25. The number of carbonyl (C=O) groups excluding carboxylic acids is 1. The zero-order valence-corrected chi connectivity index (χ0v) is 13.2. The number of rotatable bonds is 3. The molecular weight excluding hydrogens is 258 g/mol. The number of carbonyl (C=O) groups is 1. The Bertz CT molecular complexity index is 502. The van der Waals surface area contributed by atoms with E-state index in [1.165, 1.54) is 62.5 Å². The molecule has 0 bridgehead atoms. The SMILES string of the molecule is CCN(C(=O)c1ccc2c(c1)CCCC2)C1CCCCC1. The summed E-state index contributed by atoms with van der Waals surface area (Å²) in [5, 5.41) is 0. The lowest BCUT2D eigenvalue weighted by Gasteiger charge is -2.34. The maximum Gasteiger partial charge on any atom is 0.254 e. The number of hydrogen-bond donors (Lipinski definition) is 0. The molecule has 0 spiro atoms. The Balaban J connectivity index is 1.79. The fourth-order valence-corrected chi connectivity index (χ4v) is 3.99. The summed E-state index contributed by atoms with van der Waals surface area (Å²) in [7, 11) is 0. The van der Waals surface area contributed by atoms with Crippen LogP contribution in [0.2, 0.25) is 0 Å². The molecule has 1 aromatic rings. The molecule has 3 rings (SSSR count). The first-order chi connectivity index (χ1) is 10.3. The molecule has 1 amide bonds. The van der Waals surface area contributed by atoms with E-state index in [9.17, 15) is 4.79 Å². The first-order valence-electron chi connectivity index (χ1n) is 8.72. The van der Waals surface area contributed by atoms with Crippen LogP contribution in [0.5, 0.6) is 0 Å². The molecule has 2 aliphatic rings. The Morgan fingerprint density at radius 3 is 2.48 bits per heavy atom. The standard InChI is InChI=1S/C19H27NO/c1-2-20(18-10-4-3-5-11-18)19(21)17-13-12-15-8-6-7-9-16(15)14-17/h12-14,18H,2-11H2,1H3. The van der Waals surface area contributed by atoms with Gasteiger partial charge in [-0.3, -0.25) is 4.79 Å². The van der Waals surface area contributed by atoms with Gasteiger partial charge < -0.3 is 4.90 Å². The van der Waals surface area contributed by atoms with Gasteiger partial charge in [-0.15, -0.1) is 0 Å². The normalized spacial score (nSPS) is 19.1. The van der Waals surface area contributed by atoms with Crippen molar-refractivity contribution in [3.8, 4) is 0 Å². The molecule has 21 heavy (non-hydrogen) atoms. The van der Waals surface area contributed by atoms with Crippen molar-refractivity contribution in [1.29, 1.82) is 0 Å². The highest BCUT2D eigenvalue weighted by molar-refractivity contribution is 5.94. The molecule has 1 fully saturated rings. The van der Waals surface area contributed by atoms with E-state index in [0.717, 1.165) is 18.5 Å². The fourth-order valence-electron chi connectivity index (χ4n) is 3.99. The highest BCUT2D eigenvalue weighted by Crippen LogP contribution is 2.26. The molecule has 2 heteroatoms. The zero-order valence-electron chi connectivity index (χ0n) is 13.2. The lowest BCUT2D eigenvalue weighted by atomic mass is 9.89. The third kappa shape index (κ3) is 3.14. The summed E-state index contributed by atoms with van der Waals surface area (Å²) >= 11 is 0. The number of benzene rings is 1. The summed E-state index contributed by atoms with van der Waals surface area (Å²) in [4.78, 5) is 15.0. The zero-order chi connectivity index (χ0) is 14.7. The number of amides is 1. The molecule has 1 saturated carbocycles. The molecule has 0 saturated heterocycles. The third-order valence-corrected chi connectivity index (χ3v) is 5.21. The second kappa shape index (κ2) is 6.64. The van der Waals surface area contributed by atoms with Crippen molar-refractivity contribution in [2.75, 3.05) is 6.54 Å². The van der Waals surface area contributed by atoms with Crippen LogP contribution >= 0.6 is 0 Å². The van der Waals surface area contributed by atoms with Gasteiger partial charge in [-0.1, -0.05) is 25.3 Å². The van der Waals surface area contributed by atoms with Crippen LogP contribution in [0.1, 0.15) is 73.4 Å². The van der Waals surface area contributed by atoms with Crippen LogP contribution < -0.4 is 0 Å². The second-order valence-electron chi connectivity index (χ2n) is 6.57. The lowest BCUT2D eigenvalue weighted by Crippen LogP contribution is -2.41. The van der Waals surface area contributed by atoms with Gasteiger partial charge in [0.1, 0.15) is 0 Å². The molecule has 1 aromatic carbocycles. The molecule has 0 unspecified atom stereocenters. The van der Waals surface area contributed by atoms with Gasteiger partial charge in [0.05, 0.1) is 0 Å². The van der Waals surface area contributed by atoms with Crippen LogP contribution in [0.15, 0.2) is 18.2 Å². The van der Waals surface area contributed by atoms with E-state index in [1.807, 2.05) is 0 Å². The van der Waals surface area contributed by atoms with Crippen molar-refractivity contribution < 1.29 is 4.79 Å². The van der Waals surface area contributed by atoms with Crippen molar-refractivity contribution >= 4 is 5.91 Å². The van der Waals surface area contributed by atoms with Crippen LogP contribution in [-0.2, 0) is 12.8 Å². The molecule has 0 aliphatic heterocycles. The van der Waals surface area contributed by atoms with Crippen molar-refractivity contribution in [1.82, 2.24) is 4.90 Å². The van der Waals surface area contributed by atoms with Crippen molar-refractivity contribution in [2.24, 2.45) is 0 Å². The average Bonchev–Trinajstić information content (AvgIpc) is 2.56. The topological polar surface area (TPSA) is 20.3 Å². The molecule has 0 aromatic heterocycles. The number of hydrogen-bond acceptors (Lipinski definition) is 1. The average molecular weight is 285 g/mol. The van der Waals surface area contributed by atoms with E-state index < -0.39 is 0 Å². The summed E-state index contributed by atoms with van der Waals surface area (Å²) in [6.45, 7) is 2.95. The van der Waals surface area contributed by atoms with Crippen molar-refractivity contribution in [3.63, 3.8) is 0 Å². The summed E-state index contributed by atoms with van der Waals surface area (Å²) in [6, 6.07) is 6.88.